The monoisotopic (exact) mass is 199 g/mol. The summed E-state index contributed by atoms with van der Waals surface area (Å²) < 4.78 is 2.27. The van der Waals surface area contributed by atoms with Crippen LogP contribution in [0.3, 0.4) is 0 Å². The highest BCUT2D eigenvalue weighted by molar-refractivity contribution is 5.84. The minimum Gasteiger partial charge on any atom is -0.343 e. The lowest BCUT2D eigenvalue weighted by molar-refractivity contribution is 0.847. The van der Waals surface area contributed by atoms with Gasteiger partial charge >= 0.3 is 0 Å². The first-order valence-corrected chi connectivity index (χ1v) is 5.54. The van der Waals surface area contributed by atoms with E-state index in [0.717, 1.165) is 13.0 Å². The van der Waals surface area contributed by atoms with E-state index in [1.54, 1.807) is 0 Å². The fraction of sp³-hybridized carbons (Fsp3) is 0.286. The zero-order chi connectivity index (χ0) is 10.7. The van der Waals surface area contributed by atoms with Crippen LogP contribution in [0.1, 0.15) is 18.9 Å². The van der Waals surface area contributed by atoms with Gasteiger partial charge in [0.2, 0.25) is 0 Å². The van der Waals surface area contributed by atoms with E-state index in [9.17, 15) is 0 Å². The Morgan fingerprint density at radius 2 is 2.13 bits per heavy atom. The van der Waals surface area contributed by atoms with E-state index in [4.69, 9.17) is 0 Å². The van der Waals surface area contributed by atoms with Crippen molar-refractivity contribution in [2.75, 3.05) is 0 Å². The average Bonchev–Trinajstić information content (AvgIpc) is 2.59. The molecule has 0 spiro atoms. The molecule has 1 aromatic heterocycles. The Morgan fingerprint density at radius 1 is 1.33 bits per heavy atom. The second-order valence-corrected chi connectivity index (χ2v) is 3.86. The summed E-state index contributed by atoms with van der Waals surface area (Å²) in [5.74, 6) is 0. The van der Waals surface area contributed by atoms with Crippen molar-refractivity contribution >= 4 is 10.9 Å². The number of aromatic nitrogens is 1. The molecule has 0 N–H and O–H groups in total. The first-order valence-electron chi connectivity index (χ1n) is 5.54. The van der Waals surface area contributed by atoms with Crippen LogP contribution >= 0.6 is 0 Å². The molecule has 0 fully saturated rings. The SMILES string of the molecule is C=CCn1cc(CCC)c2ccccc21. The van der Waals surface area contributed by atoms with Crippen LogP contribution in [0, 0.1) is 0 Å². The van der Waals surface area contributed by atoms with E-state index >= 15 is 0 Å². The summed E-state index contributed by atoms with van der Waals surface area (Å²) in [7, 11) is 0. The summed E-state index contributed by atoms with van der Waals surface area (Å²) in [6, 6.07) is 8.59. The molecule has 78 valence electrons. The van der Waals surface area contributed by atoms with Gasteiger partial charge in [-0.1, -0.05) is 37.6 Å². The maximum Gasteiger partial charge on any atom is 0.0486 e. The van der Waals surface area contributed by atoms with Crippen LogP contribution in [0.4, 0.5) is 0 Å². The molecule has 0 saturated carbocycles. The van der Waals surface area contributed by atoms with Crippen molar-refractivity contribution in [2.24, 2.45) is 0 Å². The number of benzene rings is 1. The van der Waals surface area contributed by atoms with Crippen molar-refractivity contribution in [1.29, 1.82) is 0 Å². The molecule has 1 nitrogen and oxygen atoms in total. The van der Waals surface area contributed by atoms with Gasteiger partial charge in [0.05, 0.1) is 0 Å². The van der Waals surface area contributed by atoms with Gasteiger partial charge in [-0.2, -0.15) is 0 Å². The van der Waals surface area contributed by atoms with Gasteiger partial charge in [-0.25, -0.2) is 0 Å². The second-order valence-electron chi connectivity index (χ2n) is 3.86. The lowest BCUT2D eigenvalue weighted by Gasteiger charge is -1.99. The molecule has 0 aliphatic heterocycles. The van der Waals surface area contributed by atoms with E-state index in [-0.39, 0.29) is 0 Å². The molecule has 2 rings (SSSR count). The van der Waals surface area contributed by atoms with Crippen molar-refractivity contribution in [1.82, 2.24) is 4.57 Å². The van der Waals surface area contributed by atoms with Crippen molar-refractivity contribution in [3.63, 3.8) is 0 Å². The third-order valence-electron chi connectivity index (χ3n) is 2.72. The van der Waals surface area contributed by atoms with Crippen LogP contribution < -0.4 is 0 Å². The van der Waals surface area contributed by atoms with Crippen molar-refractivity contribution in [3.8, 4) is 0 Å². The van der Waals surface area contributed by atoms with Crippen LogP contribution in [0.25, 0.3) is 10.9 Å². The van der Waals surface area contributed by atoms with Gasteiger partial charge in [-0.15, -0.1) is 6.58 Å². The fourth-order valence-electron chi connectivity index (χ4n) is 2.08. The van der Waals surface area contributed by atoms with Gasteiger partial charge in [0.15, 0.2) is 0 Å². The number of hydrogen-bond acceptors (Lipinski definition) is 0. The summed E-state index contributed by atoms with van der Waals surface area (Å²) >= 11 is 0. The highest BCUT2D eigenvalue weighted by Crippen LogP contribution is 2.22. The number of fused-ring (bicyclic) bond motifs is 1. The summed E-state index contributed by atoms with van der Waals surface area (Å²) in [6.45, 7) is 6.91. The highest BCUT2D eigenvalue weighted by Gasteiger charge is 2.05. The van der Waals surface area contributed by atoms with Crippen molar-refractivity contribution in [3.05, 3.63) is 48.7 Å². The Bertz CT molecular complexity index is 465. The van der Waals surface area contributed by atoms with E-state index in [1.807, 2.05) is 6.08 Å². The number of para-hydroxylation sites is 1. The molecule has 1 aromatic carbocycles. The Labute approximate surface area is 91.0 Å². The van der Waals surface area contributed by atoms with Gasteiger partial charge in [-0.05, 0) is 18.1 Å². The smallest absolute Gasteiger partial charge is 0.0486 e. The molecule has 1 heterocycles. The maximum atomic E-state index is 3.80. The molecule has 2 aromatic rings. The molecular weight excluding hydrogens is 182 g/mol. The van der Waals surface area contributed by atoms with Gasteiger partial charge in [-0.3, -0.25) is 0 Å². The highest BCUT2D eigenvalue weighted by atomic mass is 14.9. The number of rotatable bonds is 4. The van der Waals surface area contributed by atoms with Crippen LogP contribution in [-0.4, -0.2) is 4.57 Å². The largest absolute Gasteiger partial charge is 0.343 e. The molecule has 0 radical (unpaired) electrons. The number of nitrogens with zero attached hydrogens (tertiary/aromatic N) is 1. The molecule has 0 amide bonds. The Hall–Kier alpha value is -1.50. The van der Waals surface area contributed by atoms with Gasteiger partial charge in [0.1, 0.15) is 0 Å². The number of aryl methyl sites for hydroxylation is 1. The third-order valence-corrected chi connectivity index (χ3v) is 2.72. The van der Waals surface area contributed by atoms with E-state index in [1.165, 1.54) is 22.9 Å². The molecule has 0 unspecified atom stereocenters. The van der Waals surface area contributed by atoms with Crippen LogP contribution in [0.5, 0.6) is 0 Å². The summed E-state index contributed by atoms with van der Waals surface area (Å²) in [6.07, 6.45) is 6.56. The predicted octanol–water partition coefficient (Wildman–Crippen LogP) is 3.78. The Kier molecular flexibility index (Phi) is 2.91. The zero-order valence-electron chi connectivity index (χ0n) is 9.24. The normalized spacial score (nSPS) is 10.7. The van der Waals surface area contributed by atoms with Crippen LogP contribution in [0.15, 0.2) is 43.1 Å². The molecule has 15 heavy (non-hydrogen) atoms. The predicted molar refractivity (Wildman–Crippen MR) is 66.1 cm³/mol. The molecular formula is C14H17N. The minimum atomic E-state index is 0.893. The second kappa shape index (κ2) is 4.35. The Balaban J connectivity index is 2.56. The minimum absolute atomic E-state index is 0.893. The van der Waals surface area contributed by atoms with Crippen LogP contribution in [0.2, 0.25) is 0 Å². The van der Waals surface area contributed by atoms with Gasteiger partial charge < -0.3 is 4.57 Å². The third kappa shape index (κ3) is 1.82. The van der Waals surface area contributed by atoms with Crippen molar-refractivity contribution in [2.45, 2.75) is 26.3 Å². The summed E-state index contributed by atoms with van der Waals surface area (Å²) in [4.78, 5) is 0. The Morgan fingerprint density at radius 3 is 2.87 bits per heavy atom. The van der Waals surface area contributed by atoms with E-state index in [0.29, 0.717) is 0 Å². The molecule has 0 bridgehead atoms. The fourth-order valence-corrected chi connectivity index (χ4v) is 2.08. The van der Waals surface area contributed by atoms with Crippen LogP contribution in [-0.2, 0) is 13.0 Å². The average molecular weight is 199 g/mol. The maximum absolute atomic E-state index is 3.80. The lowest BCUT2D eigenvalue weighted by Crippen LogP contribution is -1.91. The topological polar surface area (TPSA) is 4.93 Å². The van der Waals surface area contributed by atoms with Gasteiger partial charge in [0, 0.05) is 23.6 Å². The lowest BCUT2D eigenvalue weighted by atomic mass is 10.1. The molecule has 0 saturated heterocycles. The number of hydrogen-bond donors (Lipinski definition) is 0. The first-order chi connectivity index (χ1) is 7.36. The van der Waals surface area contributed by atoms with Gasteiger partial charge in [0.25, 0.3) is 0 Å². The van der Waals surface area contributed by atoms with E-state index in [2.05, 4.69) is 48.5 Å². The molecule has 0 aliphatic rings. The molecule has 1 heteroatoms. The molecule has 0 aliphatic carbocycles. The van der Waals surface area contributed by atoms with Crippen molar-refractivity contribution < 1.29 is 0 Å². The zero-order valence-corrected chi connectivity index (χ0v) is 9.24. The quantitative estimate of drug-likeness (QED) is 0.660. The first kappa shape index (κ1) is 10.0. The molecule has 0 atom stereocenters. The summed E-state index contributed by atoms with van der Waals surface area (Å²) in [5, 5.41) is 1.39. The van der Waals surface area contributed by atoms with E-state index < -0.39 is 0 Å². The number of allylic oxidation sites excluding steroid dienone is 1. The standard InChI is InChI=1S/C14H17N/c1-3-7-12-11-15(10-4-2)14-9-6-5-8-13(12)14/h4-6,8-9,11H,2-3,7,10H2,1H3. The summed E-state index contributed by atoms with van der Waals surface area (Å²) in [5.41, 5.74) is 2.77.